The summed E-state index contributed by atoms with van der Waals surface area (Å²) in [5.41, 5.74) is -1.58. The quantitative estimate of drug-likeness (QED) is 0.187. The Morgan fingerprint density at radius 3 is 1.11 bits per heavy atom. The van der Waals surface area contributed by atoms with E-state index in [1.807, 2.05) is 0 Å². The van der Waals surface area contributed by atoms with Gasteiger partial charge >= 0.3 is 82.2 Å². The molecule has 28 heavy (non-hydrogen) atoms. The third-order valence-electron chi connectivity index (χ3n) is 5.48. The summed E-state index contributed by atoms with van der Waals surface area (Å²) >= 11 is 0. The molecule has 0 aromatic heterocycles. The largest absolute Gasteiger partial charge is 1.00 e. The molecule has 0 saturated heterocycles. The first-order chi connectivity index (χ1) is 12.5. The molecule has 2 N–H and O–H groups in total. The van der Waals surface area contributed by atoms with Crippen molar-refractivity contribution in [3.8, 4) is 0 Å². The summed E-state index contributed by atoms with van der Waals surface area (Å²) in [5, 5.41) is 19.1. The van der Waals surface area contributed by atoms with Gasteiger partial charge in [0.1, 0.15) is 0 Å². The second-order valence-electron chi connectivity index (χ2n) is 7.79. The molecule has 0 radical (unpaired) electrons. The molecule has 0 aromatic carbocycles. The molecule has 0 amide bonds. The Hall–Kier alpha value is 1.17. The van der Waals surface area contributed by atoms with Crippen LogP contribution in [0.5, 0.6) is 0 Å². The van der Waals surface area contributed by atoms with Gasteiger partial charge < -0.3 is 13.1 Å². The maximum absolute atomic E-state index is 11.7. The standard InChI is InChI=1S/C22H42O4.K.Li.2H/c1-3-5-7-9-10-11-12-13-15-17-19-22(20(23)24,21(25)26)18-16-14-8-6-4-2;;;;/h3-19H2,1-2H3,(H,23,24)(H,25,26);;;;/q;2*+1;2*-1. The Morgan fingerprint density at radius 1 is 0.607 bits per heavy atom. The average molecular weight is 419 g/mol. The van der Waals surface area contributed by atoms with Gasteiger partial charge in [0.15, 0.2) is 5.41 Å². The Morgan fingerprint density at radius 2 is 0.857 bits per heavy atom. The SMILES string of the molecule is CCCCCCCCCCCCC(CCCCCCC)(C(=O)O)C(=O)O.[H-].[H-].[K+].[Li+]. The van der Waals surface area contributed by atoms with Crippen LogP contribution in [-0.4, -0.2) is 22.2 Å². The van der Waals surface area contributed by atoms with E-state index in [0.717, 1.165) is 38.5 Å². The van der Waals surface area contributed by atoms with Crippen LogP contribution >= 0.6 is 0 Å². The first kappa shape index (κ1) is 33.8. The number of hydrogen-bond donors (Lipinski definition) is 2. The van der Waals surface area contributed by atoms with E-state index < -0.39 is 17.4 Å². The summed E-state index contributed by atoms with van der Waals surface area (Å²) in [4.78, 5) is 23.4. The molecule has 0 aromatic rings. The van der Waals surface area contributed by atoms with Crippen LogP contribution in [0.25, 0.3) is 0 Å². The predicted molar refractivity (Wildman–Crippen MR) is 110 cm³/mol. The summed E-state index contributed by atoms with van der Waals surface area (Å²) in [5.74, 6) is -2.31. The van der Waals surface area contributed by atoms with Crippen LogP contribution in [-0.2, 0) is 9.59 Å². The zero-order valence-corrected chi connectivity index (χ0v) is 22.4. The number of hydrogen-bond acceptors (Lipinski definition) is 2. The Labute approximate surface area is 231 Å². The van der Waals surface area contributed by atoms with Gasteiger partial charge in [-0.3, -0.25) is 9.59 Å². The van der Waals surface area contributed by atoms with Crippen LogP contribution in [0.2, 0.25) is 0 Å². The van der Waals surface area contributed by atoms with Crippen molar-refractivity contribution in [2.24, 2.45) is 5.41 Å². The average Bonchev–Trinajstić information content (AvgIpc) is 2.60. The Kier molecular flexibility index (Phi) is 27.6. The van der Waals surface area contributed by atoms with E-state index >= 15 is 0 Å². The van der Waals surface area contributed by atoms with Gasteiger partial charge in [-0.05, 0) is 12.8 Å². The van der Waals surface area contributed by atoms with Gasteiger partial charge in [0.05, 0.1) is 0 Å². The van der Waals surface area contributed by atoms with Crippen LogP contribution < -0.4 is 70.2 Å². The molecule has 4 nitrogen and oxygen atoms in total. The predicted octanol–water partition coefficient (Wildman–Crippen LogP) is 1.05. The minimum absolute atomic E-state index is 0. The van der Waals surface area contributed by atoms with Crippen molar-refractivity contribution < 1.29 is 92.9 Å². The van der Waals surface area contributed by atoms with Crippen molar-refractivity contribution in [2.75, 3.05) is 0 Å². The molecular formula is C22H44KLiO4. The van der Waals surface area contributed by atoms with E-state index in [-0.39, 0.29) is 85.9 Å². The molecule has 0 fully saturated rings. The minimum atomic E-state index is -1.58. The van der Waals surface area contributed by atoms with E-state index in [1.54, 1.807) is 0 Å². The fourth-order valence-electron chi connectivity index (χ4n) is 3.59. The molecule has 6 heteroatoms. The van der Waals surface area contributed by atoms with Gasteiger partial charge in [-0.15, -0.1) is 0 Å². The molecule has 0 aliphatic carbocycles. The van der Waals surface area contributed by atoms with Gasteiger partial charge in [-0.25, -0.2) is 0 Å². The van der Waals surface area contributed by atoms with Crippen LogP contribution in [0.3, 0.4) is 0 Å². The summed E-state index contributed by atoms with van der Waals surface area (Å²) in [6.07, 6.45) is 17.1. The second-order valence-corrected chi connectivity index (χ2v) is 7.79. The Bertz CT molecular complexity index is 374. The molecule has 0 rings (SSSR count). The monoisotopic (exact) mass is 418 g/mol. The molecule has 0 atom stereocenters. The molecule has 0 saturated carbocycles. The zero-order chi connectivity index (χ0) is 19.7. The molecule has 0 aliphatic rings. The normalized spacial score (nSPS) is 10.8. The van der Waals surface area contributed by atoms with Gasteiger partial charge in [0, 0.05) is 0 Å². The summed E-state index contributed by atoms with van der Waals surface area (Å²) < 4.78 is 0. The number of carboxylic acid groups (broad SMARTS) is 2. The third kappa shape index (κ3) is 15.9. The molecule has 0 heterocycles. The third-order valence-corrected chi connectivity index (χ3v) is 5.48. The second kappa shape index (κ2) is 22.8. The molecule has 0 bridgehead atoms. The molecule has 0 unspecified atom stereocenters. The van der Waals surface area contributed by atoms with E-state index in [9.17, 15) is 19.8 Å². The van der Waals surface area contributed by atoms with E-state index in [1.165, 1.54) is 44.9 Å². The maximum atomic E-state index is 11.7. The maximum Gasteiger partial charge on any atom is 1.00 e. The van der Waals surface area contributed by atoms with Crippen molar-refractivity contribution in [2.45, 2.75) is 123 Å². The zero-order valence-electron chi connectivity index (χ0n) is 21.2. The first-order valence-corrected chi connectivity index (χ1v) is 11.0. The van der Waals surface area contributed by atoms with Crippen molar-refractivity contribution in [1.29, 1.82) is 0 Å². The van der Waals surface area contributed by atoms with Gasteiger partial charge in [-0.2, -0.15) is 0 Å². The fourth-order valence-corrected chi connectivity index (χ4v) is 3.59. The van der Waals surface area contributed by atoms with Crippen LogP contribution in [0, 0.1) is 5.41 Å². The van der Waals surface area contributed by atoms with E-state index in [4.69, 9.17) is 0 Å². The van der Waals surface area contributed by atoms with Gasteiger partial charge in [-0.1, -0.05) is 110 Å². The fraction of sp³-hybridized carbons (Fsp3) is 0.909. The number of rotatable bonds is 19. The number of carboxylic acids is 2. The summed E-state index contributed by atoms with van der Waals surface area (Å²) in [6.45, 7) is 4.35. The summed E-state index contributed by atoms with van der Waals surface area (Å²) in [7, 11) is 0. The number of aliphatic carboxylic acids is 2. The molecular weight excluding hydrogens is 374 g/mol. The van der Waals surface area contributed by atoms with E-state index in [0.29, 0.717) is 12.8 Å². The van der Waals surface area contributed by atoms with Crippen molar-refractivity contribution >= 4 is 11.9 Å². The Balaban J connectivity index is -0.000000521. The van der Waals surface area contributed by atoms with Gasteiger partial charge in [0.25, 0.3) is 0 Å². The number of unbranched alkanes of at least 4 members (excludes halogenated alkanes) is 13. The van der Waals surface area contributed by atoms with Crippen molar-refractivity contribution in [1.82, 2.24) is 0 Å². The molecule has 158 valence electrons. The summed E-state index contributed by atoms with van der Waals surface area (Å²) in [6, 6.07) is 0. The first-order valence-electron chi connectivity index (χ1n) is 11.0. The van der Waals surface area contributed by atoms with Gasteiger partial charge in [0.2, 0.25) is 0 Å². The number of carbonyl (C=O) groups is 2. The van der Waals surface area contributed by atoms with Crippen LogP contribution in [0.1, 0.15) is 126 Å². The minimum Gasteiger partial charge on any atom is -1.00 e. The van der Waals surface area contributed by atoms with Crippen molar-refractivity contribution in [3.05, 3.63) is 0 Å². The van der Waals surface area contributed by atoms with E-state index in [2.05, 4.69) is 13.8 Å². The van der Waals surface area contributed by atoms with Crippen LogP contribution in [0.4, 0.5) is 0 Å². The topological polar surface area (TPSA) is 74.6 Å². The smallest absolute Gasteiger partial charge is 1.00 e. The molecule has 0 spiro atoms. The molecule has 0 aliphatic heterocycles. The van der Waals surface area contributed by atoms with Crippen molar-refractivity contribution in [3.63, 3.8) is 0 Å². The van der Waals surface area contributed by atoms with Crippen LogP contribution in [0.15, 0.2) is 0 Å².